The second kappa shape index (κ2) is 9.68. The van der Waals surface area contributed by atoms with Gasteiger partial charge in [0.05, 0.1) is 17.1 Å². The number of ether oxygens (including phenoxy) is 1. The van der Waals surface area contributed by atoms with Gasteiger partial charge in [-0.3, -0.25) is 0 Å². The molecule has 0 aliphatic carbocycles. The maximum atomic E-state index is 6.22. The van der Waals surface area contributed by atoms with E-state index in [2.05, 4.69) is 22.2 Å². The third kappa shape index (κ3) is 4.63. The van der Waals surface area contributed by atoms with E-state index in [1.165, 1.54) is 0 Å². The highest BCUT2D eigenvalue weighted by atomic mass is 16.5. The van der Waals surface area contributed by atoms with Crippen LogP contribution in [0.2, 0.25) is 0 Å². The number of hydrogen-bond donors (Lipinski definition) is 0. The van der Waals surface area contributed by atoms with Gasteiger partial charge < -0.3 is 4.74 Å². The first kappa shape index (κ1) is 21.5. The highest BCUT2D eigenvalue weighted by molar-refractivity contribution is 5.67. The number of benzene rings is 4. The van der Waals surface area contributed by atoms with Gasteiger partial charge in [0, 0.05) is 22.8 Å². The predicted molar refractivity (Wildman–Crippen MR) is 142 cm³/mol. The second-order valence-corrected chi connectivity index (χ2v) is 8.28. The lowest BCUT2D eigenvalue weighted by atomic mass is 10.1. The van der Waals surface area contributed by atoms with E-state index in [9.17, 15) is 0 Å². The maximum Gasteiger partial charge on any atom is 0.181 e. The summed E-state index contributed by atoms with van der Waals surface area (Å²) in [6.07, 6.45) is 1.72. The molecule has 0 fully saturated rings. The Kier molecular flexibility index (Phi) is 5.78. The van der Waals surface area contributed by atoms with Gasteiger partial charge in [-0.2, -0.15) is 0 Å². The van der Waals surface area contributed by atoms with Gasteiger partial charge in [-0.1, -0.05) is 84.9 Å². The van der Waals surface area contributed by atoms with Crippen molar-refractivity contribution in [3.63, 3.8) is 0 Å². The SMILES string of the molecule is c1ccc(-c2cccc(-c3cccc(Oc4cccc(-n5cnc(-c6ccccc6)n5)c4)c3)n2)cc1. The van der Waals surface area contributed by atoms with Crippen molar-refractivity contribution in [2.24, 2.45) is 0 Å². The molecular weight excluding hydrogens is 444 g/mol. The monoisotopic (exact) mass is 466 g/mol. The summed E-state index contributed by atoms with van der Waals surface area (Å²) in [4.78, 5) is 9.32. The van der Waals surface area contributed by atoms with Crippen molar-refractivity contribution in [1.29, 1.82) is 0 Å². The smallest absolute Gasteiger partial charge is 0.181 e. The molecule has 6 rings (SSSR count). The molecule has 172 valence electrons. The van der Waals surface area contributed by atoms with Gasteiger partial charge in [-0.25, -0.2) is 14.6 Å². The van der Waals surface area contributed by atoms with Crippen LogP contribution in [0.1, 0.15) is 0 Å². The van der Waals surface area contributed by atoms with E-state index in [0.29, 0.717) is 11.6 Å². The average Bonchev–Trinajstić information content (AvgIpc) is 3.45. The lowest BCUT2D eigenvalue weighted by molar-refractivity contribution is 0.482. The van der Waals surface area contributed by atoms with Crippen molar-refractivity contribution in [1.82, 2.24) is 19.7 Å². The summed E-state index contributed by atoms with van der Waals surface area (Å²) < 4.78 is 7.97. The van der Waals surface area contributed by atoms with Crippen LogP contribution in [0.25, 0.3) is 39.6 Å². The van der Waals surface area contributed by atoms with Crippen LogP contribution in [0, 0.1) is 0 Å². The number of nitrogens with zero attached hydrogens (tertiary/aromatic N) is 4. The highest BCUT2D eigenvalue weighted by Gasteiger charge is 2.08. The largest absolute Gasteiger partial charge is 0.457 e. The van der Waals surface area contributed by atoms with Crippen LogP contribution >= 0.6 is 0 Å². The van der Waals surface area contributed by atoms with Gasteiger partial charge in [0.1, 0.15) is 17.8 Å². The Labute approximate surface area is 209 Å². The Morgan fingerprint density at radius 3 is 1.92 bits per heavy atom. The fraction of sp³-hybridized carbons (Fsp3) is 0. The van der Waals surface area contributed by atoms with Gasteiger partial charge in [0.15, 0.2) is 5.82 Å². The molecule has 0 radical (unpaired) electrons. The first-order valence-corrected chi connectivity index (χ1v) is 11.7. The Hall–Kier alpha value is -5.03. The molecule has 0 unspecified atom stereocenters. The van der Waals surface area contributed by atoms with E-state index >= 15 is 0 Å². The molecule has 6 aromatic rings. The zero-order valence-corrected chi connectivity index (χ0v) is 19.4. The van der Waals surface area contributed by atoms with Crippen LogP contribution in [0.5, 0.6) is 11.5 Å². The quantitative estimate of drug-likeness (QED) is 0.256. The molecule has 5 heteroatoms. The number of hydrogen-bond acceptors (Lipinski definition) is 4. The summed E-state index contributed by atoms with van der Waals surface area (Å²) in [7, 11) is 0. The molecule has 2 heterocycles. The van der Waals surface area contributed by atoms with Crippen molar-refractivity contribution in [3.8, 4) is 51.1 Å². The molecule has 0 saturated heterocycles. The van der Waals surface area contributed by atoms with Crippen LogP contribution < -0.4 is 4.74 Å². The highest BCUT2D eigenvalue weighted by Crippen LogP contribution is 2.29. The topological polar surface area (TPSA) is 52.8 Å². The Balaban J connectivity index is 1.24. The number of aromatic nitrogens is 4. The molecule has 0 aliphatic rings. The first-order valence-electron chi connectivity index (χ1n) is 11.7. The zero-order chi connectivity index (χ0) is 24.2. The third-order valence-electron chi connectivity index (χ3n) is 5.79. The normalized spacial score (nSPS) is 10.8. The molecule has 0 bridgehead atoms. The molecule has 4 aromatic carbocycles. The minimum atomic E-state index is 0.680. The lowest BCUT2D eigenvalue weighted by Crippen LogP contribution is -1.95. The predicted octanol–water partition coefficient (Wildman–Crippen LogP) is 7.46. The molecule has 36 heavy (non-hydrogen) atoms. The van der Waals surface area contributed by atoms with Crippen molar-refractivity contribution in [2.45, 2.75) is 0 Å². The van der Waals surface area contributed by atoms with E-state index in [4.69, 9.17) is 9.72 Å². The van der Waals surface area contributed by atoms with Crippen LogP contribution in [0.4, 0.5) is 0 Å². The third-order valence-corrected chi connectivity index (χ3v) is 5.79. The first-order chi connectivity index (χ1) is 17.8. The van der Waals surface area contributed by atoms with Crippen molar-refractivity contribution >= 4 is 0 Å². The van der Waals surface area contributed by atoms with Crippen LogP contribution in [-0.4, -0.2) is 19.7 Å². The van der Waals surface area contributed by atoms with Crippen LogP contribution in [0.15, 0.2) is 134 Å². The van der Waals surface area contributed by atoms with Crippen molar-refractivity contribution < 1.29 is 4.74 Å². The van der Waals surface area contributed by atoms with Crippen molar-refractivity contribution in [2.75, 3.05) is 0 Å². The van der Waals surface area contributed by atoms with Gasteiger partial charge in [-0.05, 0) is 36.4 Å². The second-order valence-electron chi connectivity index (χ2n) is 8.28. The number of rotatable bonds is 6. The van der Waals surface area contributed by atoms with E-state index < -0.39 is 0 Å². The minimum absolute atomic E-state index is 0.680. The summed E-state index contributed by atoms with van der Waals surface area (Å²) in [6, 6.07) is 42.0. The fourth-order valence-corrected chi connectivity index (χ4v) is 4.02. The molecule has 0 N–H and O–H groups in total. The van der Waals surface area contributed by atoms with Crippen LogP contribution in [-0.2, 0) is 0 Å². The van der Waals surface area contributed by atoms with Crippen molar-refractivity contribution in [3.05, 3.63) is 134 Å². The molecule has 0 atom stereocenters. The van der Waals surface area contributed by atoms with Gasteiger partial charge in [-0.15, -0.1) is 5.10 Å². The Morgan fingerprint density at radius 2 is 1.14 bits per heavy atom. The summed E-state index contributed by atoms with van der Waals surface area (Å²) in [6.45, 7) is 0. The maximum absolute atomic E-state index is 6.22. The Morgan fingerprint density at radius 1 is 0.528 bits per heavy atom. The zero-order valence-electron chi connectivity index (χ0n) is 19.4. The number of pyridine rings is 1. The Bertz CT molecular complexity index is 1610. The van der Waals surface area contributed by atoms with Gasteiger partial charge in [0.2, 0.25) is 0 Å². The molecule has 2 aromatic heterocycles. The fourth-order valence-electron chi connectivity index (χ4n) is 4.02. The van der Waals surface area contributed by atoms with E-state index in [-0.39, 0.29) is 0 Å². The van der Waals surface area contributed by atoms with Crippen LogP contribution in [0.3, 0.4) is 0 Å². The summed E-state index contributed by atoms with van der Waals surface area (Å²) in [5, 5.41) is 4.63. The molecule has 5 nitrogen and oxygen atoms in total. The summed E-state index contributed by atoms with van der Waals surface area (Å²) in [5.41, 5.74) is 5.76. The lowest BCUT2D eigenvalue weighted by Gasteiger charge is -2.10. The van der Waals surface area contributed by atoms with E-state index in [1.54, 1.807) is 11.0 Å². The van der Waals surface area contributed by atoms with Gasteiger partial charge >= 0.3 is 0 Å². The molecule has 0 spiro atoms. The summed E-state index contributed by atoms with van der Waals surface area (Å²) in [5.74, 6) is 2.13. The molecular formula is C31H22N4O. The molecule has 0 saturated carbocycles. The summed E-state index contributed by atoms with van der Waals surface area (Å²) >= 11 is 0. The molecule has 0 amide bonds. The standard InChI is InChI=1S/C31H22N4O/c1-3-10-23(11-4-1)29-18-9-19-30(33-29)25-14-7-16-27(20-25)36-28-17-8-15-26(21-28)35-22-32-31(34-35)24-12-5-2-6-13-24/h1-22H. The average molecular weight is 467 g/mol. The van der Waals surface area contributed by atoms with E-state index in [0.717, 1.165) is 39.5 Å². The molecule has 0 aliphatic heterocycles. The minimum Gasteiger partial charge on any atom is -0.457 e. The van der Waals surface area contributed by atoms with Gasteiger partial charge in [0.25, 0.3) is 0 Å². The van der Waals surface area contributed by atoms with E-state index in [1.807, 2.05) is 115 Å².